The molecule has 0 spiro atoms. The molecule has 10 heteroatoms. The molecule has 0 bridgehead atoms. The van der Waals surface area contributed by atoms with Gasteiger partial charge in [-0.3, -0.25) is 23.9 Å². The molecule has 3 N–H and O–H groups in total. The Balaban J connectivity index is 2.41. The number of hydrogen-bond acceptors (Lipinski definition) is 6. The molecule has 2 amide bonds. The first-order valence-corrected chi connectivity index (χ1v) is 10.6. The lowest BCUT2D eigenvalue weighted by molar-refractivity contribution is -0.119. The van der Waals surface area contributed by atoms with Crippen LogP contribution in [-0.4, -0.2) is 51.0 Å². The Morgan fingerprint density at radius 2 is 2.04 bits per heavy atom. The first-order valence-electron chi connectivity index (χ1n) is 9.60. The van der Waals surface area contributed by atoms with Gasteiger partial charge in [0.1, 0.15) is 12.4 Å². The van der Waals surface area contributed by atoms with Gasteiger partial charge in [-0.15, -0.1) is 0 Å². The summed E-state index contributed by atoms with van der Waals surface area (Å²) >= 11 is 1.17. The van der Waals surface area contributed by atoms with Gasteiger partial charge < -0.3 is 15.5 Å². The zero-order chi connectivity index (χ0) is 20.8. The molecule has 28 heavy (non-hydrogen) atoms. The van der Waals surface area contributed by atoms with Crippen molar-refractivity contribution in [3.8, 4) is 0 Å². The van der Waals surface area contributed by atoms with E-state index in [9.17, 15) is 19.2 Å². The van der Waals surface area contributed by atoms with Crippen LogP contribution in [0.3, 0.4) is 0 Å². The third-order valence-electron chi connectivity index (χ3n) is 4.62. The highest BCUT2D eigenvalue weighted by atomic mass is 32.2. The number of nitrogen functional groups attached to an aromatic ring is 1. The number of rotatable bonds is 9. The highest BCUT2D eigenvalue weighted by molar-refractivity contribution is 8.13. The summed E-state index contributed by atoms with van der Waals surface area (Å²) in [6.45, 7) is 7.03. The highest BCUT2D eigenvalue weighted by Gasteiger charge is 2.29. The van der Waals surface area contributed by atoms with Crippen molar-refractivity contribution < 1.29 is 9.59 Å². The fourth-order valence-electron chi connectivity index (χ4n) is 2.94. The van der Waals surface area contributed by atoms with Crippen molar-refractivity contribution in [2.45, 2.75) is 46.6 Å². The van der Waals surface area contributed by atoms with Crippen LogP contribution in [0, 0.1) is 5.92 Å². The average Bonchev–Trinajstić information content (AvgIpc) is 3.01. The van der Waals surface area contributed by atoms with E-state index in [2.05, 4.69) is 4.98 Å². The third kappa shape index (κ3) is 5.18. The normalized spacial score (nSPS) is 14.1. The Kier molecular flexibility index (Phi) is 7.73. The molecule has 1 fully saturated rings. The van der Waals surface area contributed by atoms with Crippen LogP contribution in [0.5, 0.6) is 0 Å². The Morgan fingerprint density at radius 1 is 1.32 bits per heavy atom. The van der Waals surface area contributed by atoms with Crippen molar-refractivity contribution in [1.82, 2.24) is 14.5 Å². The number of aromatic amines is 1. The first kappa shape index (κ1) is 22.1. The summed E-state index contributed by atoms with van der Waals surface area (Å²) in [5.41, 5.74) is 4.89. The number of aromatic nitrogens is 2. The van der Waals surface area contributed by atoms with Gasteiger partial charge in [-0.1, -0.05) is 39.0 Å². The van der Waals surface area contributed by atoms with Gasteiger partial charge in [-0.05, 0) is 18.8 Å². The van der Waals surface area contributed by atoms with E-state index < -0.39 is 11.2 Å². The highest BCUT2D eigenvalue weighted by Crippen LogP contribution is 2.21. The fourth-order valence-corrected chi connectivity index (χ4v) is 3.77. The summed E-state index contributed by atoms with van der Waals surface area (Å²) < 4.78 is 1.30. The lowest BCUT2D eigenvalue weighted by atomic mass is 10.1. The van der Waals surface area contributed by atoms with Gasteiger partial charge in [-0.2, -0.15) is 0 Å². The van der Waals surface area contributed by atoms with E-state index in [0.717, 1.165) is 12.8 Å². The molecule has 0 radical (unpaired) electrons. The summed E-state index contributed by atoms with van der Waals surface area (Å²) in [7, 11) is 0. The van der Waals surface area contributed by atoms with Gasteiger partial charge in [0.2, 0.25) is 5.91 Å². The minimum atomic E-state index is -0.686. The van der Waals surface area contributed by atoms with Crippen molar-refractivity contribution >= 4 is 34.4 Å². The average molecular weight is 412 g/mol. The van der Waals surface area contributed by atoms with E-state index >= 15 is 0 Å². The number of anilines is 2. The quantitative estimate of drug-likeness (QED) is 0.635. The summed E-state index contributed by atoms with van der Waals surface area (Å²) in [6, 6.07) is 0. The molecule has 1 aliphatic heterocycles. The van der Waals surface area contributed by atoms with E-state index in [0.29, 0.717) is 31.2 Å². The van der Waals surface area contributed by atoms with Gasteiger partial charge in [0.15, 0.2) is 5.69 Å². The minimum absolute atomic E-state index is 0.0126. The van der Waals surface area contributed by atoms with Crippen molar-refractivity contribution in [3.63, 3.8) is 0 Å². The van der Waals surface area contributed by atoms with Crippen LogP contribution in [0.25, 0.3) is 0 Å². The summed E-state index contributed by atoms with van der Waals surface area (Å²) in [5.74, 6) is 0.546. The molecule has 2 rings (SSSR count). The molecule has 0 atom stereocenters. The second-order valence-corrected chi connectivity index (χ2v) is 8.31. The predicted octanol–water partition coefficient (Wildman–Crippen LogP) is 1.47. The van der Waals surface area contributed by atoms with Gasteiger partial charge in [0.05, 0.1) is 0 Å². The number of hydrogen-bond donors (Lipinski definition) is 2. The van der Waals surface area contributed by atoms with E-state index in [4.69, 9.17) is 5.73 Å². The van der Waals surface area contributed by atoms with E-state index in [-0.39, 0.29) is 35.7 Å². The lowest BCUT2D eigenvalue weighted by Gasteiger charge is -2.27. The number of unbranched alkanes of at least 4 members (excludes halogenated alkanes) is 1. The molecular formula is C18H29N5O4S. The molecule has 0 aromatic carbocycles. The maximum Gasteiger partial charge on any atom is 0.330 e. The Hall–Kier alpha value is -2.23. The summed E-state index contributed by atoms with van der Waals surface area (Å²) in [5, 5.41) is -0.146. The van der Waals surface area contributed by atoms with Crippen LogP contribution in [0.2, 0.25) is 0 Å². The zero-order valence-corrected chi connectivity index (χ0v) is 17.5. The zero-order valence-electron chi connectivity index (χ0n) is 16.7. The van der Waals surface area contributed by atoms with Crippen LogP contribution in [0.4, 0.5) is 16.3 Å². The maximum absolute atomic E-state index is 13.0. The van der Waals surface area contributed by atoms with Gasteiger partial charge >= 0.3 is 5.69 Å². The van der Waals surface area contributed by atoms with Crippen molar-refractivity contribution in [2.75, 3.05) is 36.0 Å². The SMILES string of the molecule is CCCCn1c(N)c(N(CCC(C)C)C(=O)CN2CCSC2=O)c(=O)[nH]c1=O. The number of nitrogens with two attached hydrogens (primary N) is 1. The van der Waals surface area contributed by atoms with Crippen LogP contribution in [-0.2, 0) is 11.3 Å². The summed E-state index contributed by atoms with van der Waals surface area (Å²) in [4.78, 5) is 54.7. The molecule has 1 aromatic heterocycles. The second kappa shape index (κ2) is 9.81. The van der Waals surface area contributed by atoms with Gasteiger partial charge in [0, 0.05) is 25.4 Å². The number of amides is 2. The molecule has 1 saturated heterocycles. The van der Waals surface area contributed by atoms with Crippen LogP contribution >= 0.6 is 11.8 Å². The molecular weight excluding hydrogens is 382 g/mol. The standard InChI is InChI=1S/C18H29N5O4S/c1-4-5-7-23-15(19)14(16(25)20-17(23)26)22(8-6-12(2)3)13(24)11-21-9-10-28-18(21)27/h12H,4-11,19H2,1-3H3,(H,20,25,26). The van der Waals surface area contributed by atoms with Crippen molar-refractivity contribution in [2.24, 2.45) is 5.92 Å². The molecule has 0 aliphatic carbocycles. The smallest absolute Gasteiger partial charge is 0.330 e. The molecule has 1 aliphatic rings. The summed E-state index contributed by atoms with van der Waals surface area (Å²) in [6.07, 6.45) is 2.22. The minimum Gasteiger partial charge on any atom is -0.383 e. The number of thioether (sulfide) groups is 1. The van der Waals surface area contributed by atoms with E-state index in [1.165, 1.54) is 26.1 Å². The van der Waals surface area contributed by atoms with Gasteiger partial charge in [0.25, 0.3) is 10.8 Å². The Labute approximate surface area is 168 Å². The number of H-pyrrole nitrogens is 1. The van der Waals surface area contributed by atoms with E-state index in [1.54, 1.807) is 0 Å². The maximum atomic E-state index is 13.0. The molecule has 0 unspecified atom stereocenters. The van der Waals surface area contributed by atoms with Crippen LogP contribution < -0.4 is 21.9 Å². The Bertz CT molecular complexity index is 832. The topological polar surface area (TPSA) is 121 Å². The predicted molar refractivity (Wildman–Crippen MR) is 112 cm³/mol. The monoisotopic (exact) mass is 411 g/mol. The fraction of sp³-hybridized carbons (Fsp3) is 0.667. The number of nitrogens with one attached hydrogen (secondary N) is 1. The van der Waals surface area contributed by atoms with Crippen molar-refractivity contribution in [1.29, 1.82) is 0 Å². The first-order chi connectivity index (χ1) is 13.3. The number of carbonyl (C=O) groups is 2. The van der Waals surface area contributed by atoms with E-state index in [1.807, 2.05) is 20.8 Å². The molecule has 1 aromatic rings. The lowest BCUT2D eigenvalue weighted by Crippen LogP contribution is -2.46. The molecule has 0 saturated carbocycles. The largest absolute Gasteiger partial charge is 0.383 e. The van der Waals surface area contributed by atoms with Gasteiger partial charge in [-0.25, -0.2) is 4.79 Å². The third-order valence-corrected chi connectivity index (χ3v) is 5.51. The van der Waals surface area contributed by atoms with Crippen LogP contribution in [0.15, 0.2) is 9.59 Å². The molecule has 9 nitrogen and oxygen atoms in total. The number of carbonyl (C=O) groups excluding carboxylic acids is 2. The Morgan fingerprint density at radius 3 is 2.61 bits per heavy atom. The molecule has 2 heterocycles. The molecule has 156 valence electrons. The van der Waals surface area contributed by atoms with Crippen LogP contribution in [0.1, 0.15) is 40.0 Å². The van der Waals surface area contributed by atoms with Crippen molar-refractivity contribution in [3.05, 3.63) is 20.8 Å². The second-order valence-electron chi connectivity index (χ2n) is 7.26. The number of nitrogens with zero attached hydrogens (tertiary/aromatic N) is 3.